The fourth-order valence-corrected chi connectivity index (χ4v) is 2.43. The van der Waals surface area contributed by atoms with Crippen molar-refractivity contribution in [1.82, 2.24) is 0 Å². The van der Waals surface area contributed by atoms with E-state index in [2.05, 4.69) is 5.32 Å². The molecule has 0 aromatic heterocycles. The summed E-state index contributed by atoms with van der Waals surface area (Å²) in [5, 5.41) is 21.6. The third-order valence-corrected chi connectivity index (χ3v) is 4.06. The topological polar surface area (TPSA) is 99.4 Å². The van der Waals surface area contributed by atoms with E-state index in [0.29, 0.717) is 28.6 Å². The van der Waals surface area contributed by atoms with E-state index in [1.165, 1.54) is 24.3 Å². The summed E-state index contributed by atoms with van der Waals surface area (Å²) >= 11 is 6.04. The highest BCUT2D eigenvalue weighted by molar-refractivity contribution is 6.31. The zero-order valence-electron chi connectivity index (χ0n) is 14.7. The summed E-state index contributed by atoms with van der Waals surface area (Å²) in [5.41, 5.74) is 1.45. The van der Waals surface area contributed by atoms with E-state index in [1.807, 2.05) is 13.0 Å². The lowest BCUT2D eigenvalue weighted by Gasteiger charge is -2.09. The van der Waals surface area contributed by atoms with Gasteiger partial charge in [-0.15, -0.1) is 0 Å². The van der Waals surface area contributed by atoms with Crippen LogP contribution in [0.2, 0.25) is 5.02 Å². The Morgan fingerprint density at radius 2 is 2.04 bits per heavy atom. The van der Waals surface area contributed by atoms with Crippen LogP contribution in [0.25, 0.3) is 6.08 Å². The van der Waals surface area contributed by atoms with Crippen molar-refractivity contribution in [2.24, 2.45) is 0 Å². The van der Waals surface area contributed by atoms with Crippen LogP contribution in [0.4, 0.5) is 5.69 Å². The molecule has 2 N–H and O–H groups in total. The summed E-state index contributed by atoms with van der Waals surface area (Å²) in [5.74, 6) is -1.38. The van der Waals surface area contributed by atoms with Crippen molar-refractivity contribution in [3.05, 3.63) is 63.7 Å². The normalized spacial score (nSPS) is 10.8. The van der Waals surface area contributed by atoms with Crippen molar-refractivity contribution >= 4 is 35.2 Å². The SMILES string of the molecule is CCOc1ccc(C(=O)O)cc1/C=C(\C#N)C(=O)Nc1ccc(C)c(Cl)c1. The van der Waals surface area contributed by atoms with Gasteiger partial charge in [-0.3, -0.25) is 4.79 Å². The fourth-order valence-electron chi connectivity index (χ4n) is 2.25. The van der Waals surface area contributed by atoms with Crippen LogP contribution in [0.1, 0.15) is 28.4 Å². The van der Waals surface area contributed by atoms with Gasteiger partial charge in [-0.25, -0.2) is 4.79 Å². The maximum atomic E-state index is 12.4. The minimum atomic E-state index is -1.12. The molecule has 0 atom stereocenters. The highest BCUT2D eigenvalue weighted by atomic mass is 35.5. The first-order valence-electron chi connectivity index (χ1n) is 8.05. The first kappa shape index (κ1) is 20.0. The van der Waals surface area contributed by atoms with E-state index in [9.17, 15) is 14.9 Å². The van der Waals surface area contributed by atoms with Crippen molar-refractivity contribution in [2.45, 2.75) is 13.8 Å². The van der Waals surface area contributed by atoms with Crippen LogP contribution in [0.15, 0.2) is 42.0 Å². The summed E-state index contributed by atoms with van der Waals surface area (Å²) in [4.78, 5) is 23.6. The van der Waals surface area contributed by atoms with Crippen LogP contribution in [0.3, 0.4) is 0 Å². The molecule has 0 saturated carbocycles. The van der Waals surface area contributed by atoms with Crippen LogP contribution in [0.5, 0.6) is 5.75 Å². The van der Waals surface area contributed by atoms with E-state index in [-0.39, 0.29) is 11.1 Å². The van der Waals surface area contributed by atoms with Gasteiger partial charge in [0.25, 0.3) is 5.91 Å². The molecule has 138 valence electrons. The molecule has 2 aromatic rings. The van der Waals surface area contributed by atoms with Crippen molar-refractivity contribution < 1.29 is 19.4 Å². The van der Waals surface area contributed by atoms with Crippen LogP contribution in [-0.2, 0) is 4.79 Å². The quantitative estimate of drug-likeness (QED) is 0.571. The van der Waals surface area contributed by atoms with Crippen molar-refractivity contribution in [3.63, 3.8) is 0 Å². The zero-order valence-corrected chi connectivity index (χ0v) is 15.5. The van der Waals surface area contributed by atoms with Crippen molar-refractivity contribution in [1.29, 1.82) is 5.26 Å². The highest BCUT2D eigenvalue weighted by Crippen LogP contribution is 2.24. The number of carbonyl (C=O) groups excluding carboxylic acids is 1. The number of carboxylic acid groups (broad SMARTS) is 1. The zero-order chi connectivity index (χ0) is 20.0. The Morgan fingerprint density at radius 3 is 2.63 bits per heavy atom. The average Bonchev–Trinajstić information content (AvgIpc) is 2.63. The van der Waals surface area contributed by atoms with Gasteiger partial charge in [-0.05, 0) is 55.8 Å². The Kier molecular flexibility index (Phi) is 6.58. The molecule has 27 heavy (non-hydrogen) atoms. The molecular formula is C20H17ClN2O4. The smallest absolute Gasteiger partial charge is 0.335 e. The summed E-state index contributed by atoms with van der Waals surface area (Å²) < 4.78 is 5.45. The number of carboxylic acids is 1. The highest BCUT2D eigenvalue weighted by Gasteiger charge is 2.14. The molecule has 0 heterocycles. The fraction of sp³-hybridized carbons (Fsp3) is 0.150. The average molecular weight is 385 g/mol. The molecule has 0 bridgehead atoms. The van der Waals surface area contributed by atoms with Gasteiger partial charge in [0.05, 0.1) is 12.2 Å². The largest absolute Gasteiger partial charge is 0.493 e. The summed E-state index contributed by atoms with van der Waals surface area (Å²) in [6.45, 7) is 3.96. The predicted molar refractivity (Wildman–Crippen MR) is 103 cm³/mol. The van der Waals surface area contributed by atoms with E-state index >= 15 is 0 Å². The van der Waals surface area contributed by atoms with Gasteiger partial charge in [0.15, 0.2) is 0 Å². The Bertz CT molecular complexity index is 961. The number of nitrogens with zero attached hydrogens (tertiary/aromatic N) is 1. The maximum Gasteiger partial charge on any atom is 0.335 e. The third-order valence-electron chi connectivity index (χ3n) is 3.65. The van der Waals surface area contributed by atoms with E-state index in [0.717, 1.165) is 5.56 Å². The minimum Gasteiger partial charge on any atom is -0.493 e. The van der Waals surface area contributed by atoms with Gasteiger partial charge in [-0.1, -0.05) is 17.7 Å². The number of carbonyl (C=O) groups is 2. The lowest BCUT2D eigenvalue weighted by Crippen LogP contribution is -2.13. The summed E-state index contributed by atoms with van der Waals surface area (Å²) in [6, 6.07) is 11.1. The number of aryl methyl sites for hydroxylation is 1. The standard InChI is InChI=1S/C20H17ClN2O4/c1-3-27-18-7-5-13(20(25)26)8-14(18)9-15(11-22)19(24)23-16-6-4-12(2)17(21)10-16/h4-10H,3H2,1-2H3,(H,23,24)(H,25,26)/b15-9+. The molecule has 0 aliphatic heterocycles. The van der Waals surface area contributed by atoms with Gasteiger partial charge in [0, 0.05) is 16.3 Å². The number of anilines is 1. The lowest BCUT2D eigenvalue weighted by atomic mass is 10.1. The molecule has 6 nitrogen and oxygen atoms in total. The van der Waals surface area contributed by atoms with E-state index in [4.69, 9.17) is 21.4 Å². The number of nitriles is 1. The lowest BCUT2D eigenvalue weighted by molar-refractivity contribution is -0.112. The van der Waals surface area contributed by atoms with Crippen LogP contribution >= 0.6 is 11.6 Å². The third kappa shape index (κ3) is 5.09. The number of halogens is 1. The van der Waals surface area contributed by atoms with Gasteiger partial charge in [-0.2, -0.15) is 5.26 Å². The Balaban J connectivity index is 2.37. The molecule has 1 amide bonds. The van der Waals surface area contributed by atoms with Gasteiger partial charge in [0.2, 0.25) is 0 Å². The van der Waals surface area contributed by atoms with Crippen LogP contribution < -0.4 is 10.1 Å². The minimum absolute atomic E-state index is 0.0210. The Labute approximate surface area is 161 Å². The van der Waals surface area contributed by atoms with Crippen molar-refractivity contribution in [2.75, 3.05) is 11.9 Å². The van der Waals surface area contributed by atoms with E-state index in [1.54, 1.807) is 25.1 Å². The number of nitrogens with one attached hydrogen (secondary N) is 1. The van der Waals surface area contributed by atoms with E-state index < -0.39 is 11.9 Å². The second-order valence-corrected chi connectivity index (χ2v) is 5.99. The number of aromatic carboxylic acids is 1. The molecule has 2 aromatic carbocycles. The molecule has 2 rings (SSSR count). The number of benzene rings is 2. The monoisotopic (exact) mass is 384 g/mol. The van der Waals surface area contributed by atoms with Crippen LogP contribution in [0, 0.1) is 18.3 Å². The molecular weight excluding hydrogens is 368 g/mol. The number of hydrogen-bond acceptors (Lipinski definition) is 4. The molecule has 0 fully saturated rings. The maximum absolute atomic E-state index is 12.4. The van der Waals surface area contributed by atoms with Crippen molar-refractivity contribution in [3.8, 4) is 11.8 Å². The van der Waals surface area contributed by atoms with Gasteiger partial charge < -0.3 is 15.2 Å². The molecule has 0 aliphatic rings. The Hall–Kier alpha value is -3.30. The number of hydrogen-bond donors (Lipinski definition) is 2. The first-order chi connectivity index (χ1) is 12.8. The molecule has 0 spiro atoms. The van der Waals surface area contributed by atoms with Gasteiger partial charge >= 0.3 is 5.97 Å². The number of rotatable bonds is 6. The molecule has 0 aliphatic carbocycles. The predicted octanol–water partition coefficient (Wildman–Crippen LogP) is 4.29. The molecule has 0 unspecified atom stereocenters. The molecule has 0 saturated heterocycles. The molecule has 7 heteroatoms. The molecule has 0 radical (unpaired) electrons. The summed E-state index contributed by atoms with van der Waals surface area (Å²) in [6.07, 6.45) is 1.29. The van der Waals surface area contributed by atoms with Gasteiger partial charge in [0.1, 0.15) is 17.4 Å². The van der Waals surface area contributed by atoms with Crippen LogP contribution in [-0.4, -0.2) is 23.6 Å². The number of ether oxygens (including phenoxy) is 1. The Morgan fingerprint density at radius 1 is 1.30 bits per heavy atom. The first-order valence-corrected chi connectivity index (χ1v) is 8.43. The second-order valence-electron chi connectivity index (χ2n) is 5.58. The summed E-state index contributed by atoms with van der Waals surface area (Å²) in [7, 11) is 0. The second kappa shape index (κ2) is 8.88. The number of amides is 1.